The molecule has 0 spiro atoms. The molecule has 134 valence electrons. The van der Waals surface area contributed by atoms with Crippen molar-refractivity contribution in [2.75, 3.05) is 6.61 Å². The van der Waals surface area contributed by atoms with Gasteiger partial charge in [0.05, 0.1) is 5.71 Å². The van der Waals surface area contributed by atoms with E-state index in [2.05, 4.69) is 10.5 Å². The predicted octanol–water partition coefficient (Wildman–Crippen LogP) is 4.44. The van der Waals surface area contributed by atoms with Gasteiger partial charge in [0, 0.05) is 0 Å². The van der Waals surface area contributed by atoms with Crippen LogP contribution in [0.2, 0.25) is 0 Å². The van der Waals surface area contributed by atoms with Crippen molar-refractivity contribution in [3.63, 3.8) is 0 Å². The van der Waals surface area contributed by atoms with Gasteiger partial charge in [0.2, 0.25) is 0 Å². The standard InChI is InChI=1S/C22H24N2O2/c1-17-13-14-18(2)21(15-17)26-16-22(25)24-23-19(3)9-7-8-12-20-10-5-4-6-11-20/h4-15H,16H2,1-3H3,(H,24,25)/b9-7+,12-8+,23-19+. The van der Waals surface area contributed by atoms with Crippen LogP contribution in [-0.4, -0.2) is 18.2 Å². The minimum Gasteiger partial charge on any atom is -0.483 e. The zero-order valence-corrected chi connectivity index (χ0v) is 15.4. The first-order chi connectivity index (χ1) is 12.5. The molecule has 0 heterocycles. The van der Waals surface area contributed by atoms with Crippen LogP contribution < -0.4 is 10.2 Å². The number of aryl methyl sites for hydroxylation is 2. The van der Waals surface area contributed by atoms with E-state index < -0.39 is 0 Å². The predicted molar refractivity (Wildman–Crippen MR) is 107 cm³/mol. The highest BCUT2D eigenvalue weighted by molar-refractivity contribution is 5.94. The summed E-state index contributed by atoms with van der Waals surface area (Å²) in [7, 11) is 0. The fourth-order valence-electron chi connectivity index (χ4n) is 2.15. The molecule has 26 heavy (non-hydrogen) atoms. The summed E-state index contributed by atoms with van der Waals surface area (Å²) < 4.78 is 5.55. The molecule has 0 aliphatic carbocycles. The highest BCUT2D eigenvalue weighted by Crippen LogP contribution is 2.18. The zero-order chi connectivity index (χ0) is 18.8. The normalized spacial score (nSPS) is 11.9. The van der Waals surface area contributed by atoms with Gasteiger partial charge in [-0.3, -0.25) is 4.79 Å². The SMILES string of the molecule is CC(/C=C/C=C/c1ccccc1)=N\NC(=O)COc1cc(C)ccc1C. The molecule has 0 saturated carbocycles. The molecule has 4 nitrogen and oxygen atoms in total. The molecule has 2 rings (SSSR count). The molecule has 0 fully saturated rings. The lowest BCUT2D eigenvalue weighted by molar-refractivity contribution is -0.123. The second-order valence-electron chi connectivity index (χ2n) is 5.97. The number of nitrogens with zero attached hydrogens (tertiary/aromatic N) is 1. The van der Waals surface area contributed by atoms with Crippen LogP contribution in [0, 0.1) is 13.8 Å². The van der Waals surface area contributed by atoms with Crippen LogP contribution in [0.25, 0.3) is 6.08 Å². The summed E-state index contributed by atoms with van der Waals surface area (Å²) in [6.45, 7) is 5.68. The van der Waals surface area contributed by atoms with Crippen molar-refractivity contribution in [1.82, 2.24) is 5.43 Å². The van der Waals surface area contributed by atoms with Gasteiger partial charge in [-0.15, -0.1) is 0 Å². The van der Waals surface area contributed by atoms with Gasteiger partial charge in [-0.1, -0.05) is 60.7 Å². The summed E-state index contributed by atoms with van der Waals surface area (Å²) in [4.78, 5) is 11.9. The van der Waals surface area contributed by atoms with E-state index in [1.165, 1.54) is 0 Å². The molecule has 0 radical (unpaired) electrons. The Morgan fingerprint density at radius 1 is 1.12 bits per heavy atom. The molecule has 4 heteroatoms. The monoisotopic (exact) mass is 348 g/mol. The molecular formula is C22H24N2O2. The molecule has 2 aromatic carbocycles. The summed E-state index contributed by atoms with van der Waals surface area (Å²) in [6, 6.07) is 15.9. The average Bonchev–Trinajstić information content (AvgIpc) is 2.65. The van der Waals surface area contributed by atoms with E-state index in [9.17, 15) is 4.79 Å². The van der Waals surface area contributed by atoms with Crippen molar-refractivity contribution in [2.24, 2.45) is 5.10 Å². The third kappa shape index (κ3) is 6.77. The number of amides is 1. The molecule has 2 aromatic rings. The minimum absolute atomic E-state index is 0.0707. The van der Waals surface area contributed by atoms with Crippen molar-refractivity contribution in [2.45, 2.75) is 20.8 Å². The topological polar surface area (TPSA) is 50.7 Å². The Kier molecular flexibility index (Phi) is 7.37. The Bertz CT molecular complexity index is 821. The van der Waals surface area contributed by atoms with Crippen molar-refractivity contribution in [3.8, 4) is 5.75 Å². The molecule has 0 atom stereocenters. The van der Waals surface area contributed by atoms with Crippen LogP contribution in [-0.2, 0) is 4.79 Å². The number of benzene rings is 2. The van der Waals surface area contributed by atoms with Crippen LogP contribution in [0.15, 0.2) is 71.9 Å². The van der Waals surface area contributed by atoms with Crippen LogP contribution in [0.4, 0.5) is 0 Å². The number of hydrogen-bond donors (Lipinski definition) is 1. The van der Waals surface area contributed by atoms with Gasteiger partial charge in [-0.25, -0.2) is 5.43 Å². The molecule has 0 bridgehead atoms. The van der Waals surface area contributed by atoms with Crippen molar-refractivity contribution in [1.29, 1.82) is 0 Å². The maximum absolute atomic E-state index is 11.9. The van der Waals surface area contributed by atoms with Crippen molar-refractivity contribution < 1.29 is 9.53 Å². The lowest BCUT2D eigenvalue weighted by Gasteiger charge is -2.09. The van der Waals surface area contributed by atoms with Gasteiger partial charge >= 0.3 is 0 Å². The second kappa shape index (κ2) is 9.99. The lowest BCUT2D eigenvalue weighted by atomic mass is 10.1. The fraction of sp³-hybridized carbons (Fsp3) is 0.182. The van der Waals surface area contributed by atoms with Gasteiger partial charge in [-0.2, -0.15) is 5.10 Å². The Hall–Kier alpha value is -3.14. The molecule has 0 unspecified atom stereocenters. The summed E-state index contributed by atoms with van der Waals surface area (Å²) in [5.41, 5.74) is 6.41. The number of rotatable bonds is 7. The minimum atomic E-state index is -0.293. The fourth-order valence-corrected chi connectivity index (χ4v) is 2.15. The number of nitrogens with one attached hydrogen (secondary N) is 1. The lowest BCUT2D eigenvalue weighted by Crippen LogP contribution is -2.25. The molecule has 0 saturated heterocycles. The zero-order valence-electron chi connectivity index (χ0n) is 15.4. The highest BCUT2D eigenvalue weighted by atomic mass is 16.5. The molecule has 0 aliphatic rings. The summed E-state index contributed by atoms with van der Waals surface area (Å²) in [5, 5.41) is 4.04. The summed E-state index contributed by atoms with van der Waals surface area (Å²) in [5.74, 6) is 0.422. The first kappa shape index (κ1) is 19.2. The summed E-state index contributed by atoms with van der Waals surface area (Å²) in [6.07, 6.45) is 7.63. The molecule has 0 aromatic heterocycles. The van der Waals surface area contributed by atoms with E-state index in [0.29, 0.717) is 11.5 Å². The quantitative estimate of drug-likeness (QED) is 0.457. The average molecular weight is 348 g/mol. The highest BCUT2D eigenvalue weighted by Gasteiger charge is 2.04. The smallest absolute Gasteiger partial charge is 0.277 e. The van der Waals surface area contributed by atoms with Crippen molar-refractivity contribution in [3.05, 3.63) is 83.4 Å². The molecule has 1 N–H and O–H groups in total. The first-order valence-electron chi connectivity index (χ1n) is 8.47. The second-order valence-corrected chi connectivity index (χ2v) is 5.97. The Morgan fingerprint density at radius 3 is 2.65 bits per heavy atom. The van der Waals surface area contributed by atoms with E-state index in [1.807, 2.05) is 93.6 Å². The van der Waals surface area contributed by atoms with Crippen LogP contribution >= 0.6 is 0 Å². The van der Waals surface area contributed by atoms with Crippen LogP contribution in [0.1, 0.15) is 23.6 Å². The largest absolute Gasteiger partial charge is 0.483 e. The van der Waals surface area contributed by atoms with Crippen molar-refractivity contribution >= 4 is 17.7 Å². The van der Waals surface area contributed by atoms with Gasteiger partial charge in [0.15, 0.2) is 6.61 Å². The number of ether oxygens (including phenoxy) is 1. The Morgan fingerprint density at radius 2 is 1.88 bits per heavy atom. The van der Waals surface area contributed by atoms with Gasteiger partial charge in [0.1, 0.15) is 5.75 Å². The van der Waals surface area contributed by atoms with E-state index >= 15 is 0 Å². The number of carbonyl (C=O) groups excluding carboxylic acids is 1. The third-order valence-electron chi connectivity index (χ3n) is 3.60. The molecule has 0 aliphatic heterocycles. The molecular weight excluding hydrogens is 324 g/mol. The van der Waals surface area contributed by atoms with E-state index in [-0.39, 0.29) is 12.5 Å². The van der Waals surface area contributed by atoms with E-state index in [1.54, 1.807) is 0 Å². The van der Waals surface area contributed by atoms with Gasteiger partial charge in [-0.05, 0) is 49.6 Å². The van der Waals surface area contributed by atoms with Crippen LogP contribution in [0.3, 0.4) is 0 Å². The van der Waals surface area contributed by atoms with Gasteiger partial charge < -0.3 is 4.74 Å². The Balaban J connectivity index is 1.78. The van der Waals surface area contributed by atoms with Gasteiger partial charge in [0.25, 0.3) is 5.91 Å². The number of carbonyl (C=O) groups is 1. The maximum Gasteiger partial charge on any atom is 0.277 e. The van der Waals surface area contributed by atoms with E-state index in [0.717, 1.165) is 16.7 Å². The molecule has 1 amide bonds. The summed E-state index contributed by atoms with van der Waals surface area (Å²) >= 11 is 0. The number of allylic oxidation sites excluding steroid dienone is 3. The first-order valence-corrected chi connectivity index (χ1v) is 8.47. The van der Waals surface area contributed by atoms with Crippen LogP contribution in [0.5, 0.6) is 5.75 Å². The third-order valence-corrected chi connectivity index (χ3v) is 3.60. The maximum atomic E-state index is 11.9. The number of hydrazone groups is 1. The number of hydrogen-bond acceptors (Lipinski definition) is 3. The van der Waals surface area contributed by atoms with E-state index in [4.69, 9.17) is 4.74 Å². The Labute approximate surface area is 154 Å².